The Morgan fingerprint density at radius 1 is 1.44 bits per heavy atom. The van der Waals surface area contributed by atoms with Gasteiger partial charge in [0.15, 0.2) is 4.34 Å². The quantitative estimate of drug-likeness (QED) is 0.539. The number of thioether (sulfide) groups is 1. The second-order valence-electron chi connectivity index (χ2n) is 4.71. The number of hydrogen-bond donors (Lipinski definition) is 1. The number of sulfonamides is 1. The van der Waals surface area contributed by atoms with Crippen molar-refractivity contribution in [2.75, 3.05) is 35.8 Å². The van der Waals surface area contributed by atoms with Gasteiger partial charge < -0.3 is 4.74 Å². The van der Waals surface area contributed by atoms with Crippen LogP contribution in [-0.4, -0.2) is 50.7 Å². The number of amides is 1. The highest BCUT2D eigenvalue weighted by atomic mass is 35.5. The third-order valence-corrected chi connectivity index (χ3v) is 6.19. The van der Waals surface area contributed by atoms with Crippen LogP contribution in [0.3, 0.4) is 0 Å². The Morgan fingerprint density at radius 3 is 2.68 bits per heavy atom. The number of nitrogens with zero attached hydrogens (tertiary/aromatic N) is 3. The molecule has 2 rings (SSSR count). The van der Waals surface area contributed by atoms with Crippen molar-refractivity contribution in [3.8, 4) is 5.75 Å². The van der Waals surface area contributed by atoms with E-state index in [1.165, 1.54) is 48.4 Å². The summed E-state index contributed by atoms with van der Waals surface area (Å²) in [5.41, 5.74) is 0.255. The molecule has 0 saturated carbocycles. The second-order valence-corrected chi connectivity index (χ2v) is 9.06. The molecule has 1 aromatic carbocycles. The summed E-state index contributed by atoms with van der Waals surface area (Å²) in [5.74, 6) is -0.136. The van der Waals surface area contributed by atoms with Crippen LogP contribution in [0.5, 0.6) is 5.75 Å². The molecule has 1 amide bonds. The molecule has 136 valence electrons. The molecule has 0 spiro atoms. The van der Waals surface area contributed by atoms with Crippen LogP contribution in [0.2, 0.25) is 5.02 Å². The van der Waals surface area contributed by atoms with E-state index in [1.54, 1.807) is 0 Å². The largest absolute Gasteiger partial charge is 0.495 e. The van der Waals surface area contributed by atoms with Crippen LogP contribution in [0.15, 0.2) is 22.5 Å². The van der Waals surface area contributed by atoms with Gasteiger partial charge >= 0.3 is 0 Å². The molecular formula is C13H15ClN4O4S3. The summed E-state index contributed by atoms with van der Waals surface area (Å²) in [5, 5.41) is 10.7. The minimum Gasteiger partial charge on any atom is -0.495 e. The maximum atomic E-state index is 12.2. The van der Waals surface area contributed by atoms with Crippen molar-refractivity contribution in [2.45, 2.75) is 4.34 Å². The predicted octanol–water partition coefficient (Wildman–Crippen LogP) is 2.33. The van der Waals surface area contributed by atoms with E-state index in [4.69, 9.17) is 16.3 Å². The molecule has 0 saturated heterocycles. The first-order chi connectivity index (χ1) is 11.7. The normalized spacial score (nSPS) is 11.2. The molecule has 0 unspecified atom stereocenters. The van der Waals surface area contributed by atoms with Gasteiger partial charge in [-0.3, -0.25) is 14.4 Å². The first kappa shape index (κ1) is 19.8. The summed E-state index contributed by atoms with van der Waals surface area (Å²) >= 11 is 8.64. The maximum absolute atomic E-state index is 12.2. The minimum atomic E-state index is -3.70. The average molecular weight is 423 g/mol. The number of hydrogen-bond acceptors (Lipinski definition) is 8. The molecule has 8 nitrogen and oxygen atoms in total. The van der Waals surface area contributed by atoms with Gasteiger partial charge in [-0.15, -0.1) is 10.2 Å². The lowest BCUT2D eigenvalue weighted by atomic mass is 10.3. The standard InChI is InChI=1S/C13H15ClN4O4S3/c1-22-10-5-4-8(6-9(10)14)18(25(3,20)21)7-11(19)15-12-16-17-13(23-2)24-12/h4-6H,7H2,1-3H3,(H,15,16,19). The highest BCUT2D eigenvalue weighted by molar-refractivity contribution is 8.00. The fraction of sp³-hybridized carbons (Fsp3) is 0.308. The topological polar surface area (TPSA) is 101 Å². The van der Waals surface area contributed by atoms with Crippen LogP contribution in [0.25, 0.3) is 0 Å². The van der Waals surface area contributed by atoms with Crippen LogP contribution in [-0.2, 0) is 14.8 Å². The summed E-state index contributed by atoms with van der Waals surface area (Å²) in [6.45, 7) is -0.421. The van der Waals surface area contributed by atoms with E-state index in [9.17, 15) is 13.2 Å². The van der Waals surface area contributed by atoms with Gasteiger partial charge in [-0.2, -0.15) is 0 Å². The molecule has 0 fully saturated rings. The fourth-order valence-electron chi connectivity index (χ4n) is 1.84. The van der Waals surface area contributed by atoms with Gasteiger partial charge in [0.2, 0.25) is 21.1 Å². The van der Waals surface area contributed by atoms with Gasteiger partial charge in [-0.25, -0.2) is 8.42 Å². The highest BCUT2D eigenvalue weighted by Crippen LogP contribution is 2.30. The molecule has 2 aromatic rings. The predicted molar refractivity (Wildman–Crippen MR) is 101 cm³/mol. The average Bonchev–Trinajstić information content (AvgIpc) is 2.99. The Labute approximate surface area is 158 Å². The number of ether oxygens (including phenoxy) is 1. The minimum absolute atomic E-state index is 0.239. The van der Waals surface area contributed by atoms with Gasteiger partial charge in [-0.05, 0) is 24.5 Å². The van der Waals surface area contributed by atoms with Gasteiger partial charge in [0.1, 0.15) is 12.3 Å². The number of carbonyl (C=O) groups excluding carboxylic acids is 1. The van der Waals surface area contributed by atoms with Crippen molar-refractivity contribution in [3.05, 3.63) is 23.2 Å². The lowest BCUT2D eigenvalue weighted by Gasteiger charge is -2.22. The van der Waals surface area contributed by atoms with E-state index in [0.717, 1.165) is 10.6 Å². The number of aromatic nitrogens is 2. The molecule has 0 aliphatic heterocycles. The summed E-state index contributed by atoms with van der Waals surface area (Å²) < 4.78 is 30.8. The van der Waals surface area contributed by atoms with E-state index in [1.807, 2.05) is 6.26 Å². The van der Waals surface area contributed by atoms with E-state index in [-0.39, 0.29) is 10.7 Å². The molecule has 0 radical (unpaired) electrons. The summed E-state index contributed by atoms with van der Waals surface area (Å²) in [7, 11) is -2.25. The fourth-order valence-corrected chi connectivity index (χ4v) is 4.13. The Bertz CT molecular complexity index is 872. The van der Waals surface area contributed by atoms with Crippen LogP contribution < -0.4 is 14.4 Å². The van der Waals surface area contributed by atoms with Crippen molar-refractivity contribution < 1.29 is 17.9 Å². The lowest BCUT2D eigenvalue weighted by Crippen LogP contribution is -2.37. The Kier molecular flexibility index (Phi) is 6.49. The molecule has 0 aliphatic carbocycles. The van der Waals surface area contributed by atoms with E-state index in [2.05, 4.69) is 15.5 Å². The number of benzene rings is 1. The van der Waals surface area contributed by atoms with Crippen LogP contribution in [0.4, 0.5) is 10.8 Å². The number of rotatable bonds is 7. The first-order valence-corrected chi connectivity index (χ1v) is 11.0. The number of carbonyl (C=O) groups is 1. The zero-order valence-electron chi connectivity index (χ0n) is 13.5. The molecular weight excluding hydrogens is 408 g/mol. The van der Waals surface area contributed by atoms with Crippen molar-refractivity contribution in [1.29, 1.82) is 0 Å². The summed E-state index contributed by atoms with van der Waals surface area (Å²) in [4.78, 5) is 12.2. The SMILES string of the molecule is COc1ccc(N(CC(=O)Nc2nnc(SC)s2)S(C)(=O)=O)cc1Cl. The van der Waals surface area contributed by atoms with Crippen molar-refractivity contribution in [1.82, 2.24) is 10.2 Å². The van der Waals surface area contributed by atoms with Crippen LogP contribution in [0.1, 0.15) is 0 Å². The number of anilines is 2. The molecule has 0 bridgehead atoms. The van der Waals surface area contributed by atoms with Crippen LogP contribution in [0, 0.1) is 0 Å². The van der Waals surface area contributed by atoms with Gasteiger partial charge in [0.25, 0.3) is 0 Å². The molecule has 1 heterocycles. The lowest BCUT2D eigenvalue weighted by molar-refractivity contribution is -0.114. The smallest absolute Gasteiger partial charge is 0.246 e. The Balaban J connectivity index is 2.20. The molecule has 0 aliphatic rings. The maximum Gasteiger partial charge on any atom is 0.246 e. The Hall–Kier alpha value is -1.56. The zero-order valence-corrected chi connectivity index (χ0v) is 16.7. The van der Waals surface area contributed by atoms with Crippen molar-refractivity contribution >= 4 is 61.4 Å². The second kappa shape index (κ2) is 8.21. The monoisotopic (exact) mass is 422 g/mol. The van der Waals surface area contributed by atoms with Crippen molar-refractivity contribution in [3.63, 3.8) is 0 Å². The van der Waals surface area contributed by atoms with Gasteiger partial charge in [0, 0.05) is 0 Å². The number of methoxy groups -OCH3 is 1. The molecule has 25 heavy (non-hydrogen) atoms. The van der Waals surface area contributed by atoms with Crippen LogP contribution >= 0.6 is 34.7 Å². The van der Waals surface area contributed by atoms with E-state index < -0.39 is 22.5 Å². The number of nitrogens with one attached hydrogen (secondary N) is 1. The van der Waals surface area contributed by atoms with Crippen molar-refractivity contribution in [2.24, 2.45) is 0 Å². The first-order valence-electron chi connectivity index (χ1n) is 6.73. The van der Waals surface area contributed by atoms with E-state index >= 15 is 0 Å². The third-order valence-electron chi connectivity index (χ3n) is 2.94. The molecule has 1 N–H and O–H groups in total. The van der Waals surface area contributed by atoms with E-state index in [0.29, 0.717) is 15.2 Å². The number of halogens is 1. The third kappa shape index (κ3) is 5.21. The summed E-state index contributed by atoms with van der Waals surface area (Å²) in [6.07, 6.45) is 2.85. The molecule has 1 aromatic heterocycles. The molecule has 0 atom stereocenters. The molecule has 12 heteroatoms. The Morgan fingerprint density at radius 2 is 2.16 bits per heavy atom. The summed E-state index contributed by atoms with van der Waals surface area (Å²) in [6, 6.07) is 4.46. The zero-order chi connectivity index (χ0) is 18.6. The van der Waals surface area contributed by atoms with Gasteiger partial charge in [-0.1, -0.05) is 34.7 Å². The van der Waals surface area contributed by atoms with Gasteiger partial charge in [0.05, 0.1) is 24.1 Å². The highest BCUT2D eigenvalue weighted by Gasteiger charge is 2.22.